The molecule has 0 aromatic rings. The number of nitrogens with zero attached hydrogens (tertiary/aromatic N) is 1. The summed E-state index contributed by atoms with van der Waals surface area (Å²) in [6, 6.07) is 0.161. The van der Waals surface area contributed by atoms with E-state index in [-0.39, 0.29) is 23.9 Å². The molecule has 1 aliphatic heterocycles. The third-order valence-corrected chi connectivity index (χ3v) is 4.85. The summed E-state index contributed by atoms with van der Waals surface area (Å²) in [4.78, 5) is 25.3. The SMILES string of the molecule is CC1(C(=O)NC2CCN(CC(N)=O)CC2)CCCC1N. The number of likely N-dealkylation sites (tertiary alicyclic amines) is 1. The predicted octanol–water partition coefficient (Wildman–Crippen LogP) is -0.430. The minimum atomic E-state index is -0.412. The molecule has 2 aliphatic rings. The molecular weight excluding hydrogens is 256 g/mol. The number of nitrogens with two attached hydrogens (primary N) is 2. The molecule has 6 heteroatoms. The number of primary amides is 1. The lowest BCUT2D eigenvalue weighted by Crippen LogP contribution is -2.53. The molecule has 2 atom stereocenters. The van der Waals surface area contributed by atoms with Gasteiger partial charge in [0.2, 0.25) is 11.8 Å². The molecule has 1 aliphatic carbocycles. The van der Waals surface area contributed by atoms with Crippen LogP contribution in [0, 0.1) is 5.41 Å². The van der Waals surface area contributed by atoms with E-state index in [0.717, 1.165) is 45.2 Å². The molecule has 114 valence electrons. The van der Waals surface area contributed by atoms with E-state index in [1.54, 1.807) is 0 Å². The summed E-state index contributed by atoms with van der Waals surface area (Å²) in [5.74, 6) is -0.201. The molecule has 2 rings (SSSR count). The van der Waals surface area contributed by atoms with Crippen LogP contribution in [0.2, 0.25) is 0 Å². The van der Waals surface area contributed by atoms with E-state index in [4.69, 9.17) is 11.5 Å². The fourth-order valence-electron chi connectivity index (χ4n) is 3.28. The summed E-state index contributed by atoms with van der Waals surface area (Å²) >= 11 is 0. The highest BCUT2D eigenvalue weighted by Crippen LogP contribution is 2.37. The molecule has 0 spiro atoms. The summed E-state index contributed by atoms with van der Waals surface area (Å²) < 4.78 is 0. The van der Waals surface area contributed by atoms with E-state index in [1.807, 2.05) is 11.8 Å². The van der Waals surface area contributed by atoms with E-state index in [9.17, 15) is 9.59 Å². The number of piperidine rings is 1. The maximum absolute atomic E-state index is 12.4. The fraction of sp³-hybridized carbons (Fsp3) is 0.857. The normalized spacial score (nSPS) is 32.2. The van der Waals surface area contributed by atoms with Gasteiger partial charge in [-0.15, -0.1) is 0 Å². The molecule has 1 saturated heterocycles. The van der Waals surface area contributed by atoms with Gasteiger partial charge in [-0.25, -0.2) is 0 Å². The second-order valence-electron chi connectivity index (χ2n) is 6.41. The number of amides is 2. The third kappa shape index (κ3) is 3.30. The van der Waals surface area contributed by atoms with Crippen molar-refractivity contribution in [2.75, 3.05) is 19.6 Å². The molecule has 0 bridgehead atoms. The highest BCUT2D eigenvalue weighted by molar-refractivity contribution is 5.83. The Morgan fingerprint density at radius 3 is 2.45 bits per heavy atom. The van der Waals surface area contributed by atoms with Crippen molar-refractivity contribution in [1.29, 1.82) is 0 Å². The summed E-state index contributed by atoms with van der Waals surface area (Å²) in [5.41, 5.74) is 10.9. The van der Waals surface area contributed by atoms with Gasteiger partial charge in [0.1, 0.15) is 0 Å². The minimum Gasteiger partial charge on any atom is -0.369 e. The zero-order valence-electron chi connectivity index (χ0n) is 12.2. The summed E-state index contributed by atoms with van der Waals surface area (Å²) in [6.07, 6.45) is 4.57. The molecule has 1 saturated carbocycles. The summed E-state index contributed by atoms with van der Waals surface area (Å²) in [7, 11) is 0. The molecule has 0 aromatic heterocycles. The van der Waals surface area contributed by atoms with E-state index >= 15 is 0 Å². The van der Waals surface area contributed by atoms with Crippen molar-refractivity contribution in [3.05, 3.63) is 0 Å². The number of hydrogen-bond acceptors (Lipinski definition) is 4. The first-order chi connectivity index (χ1) is 9.41. The monoisotopic (exact) mass is 282 g/mol. The van der Waals surface area contributed by atoms with E-state index in [2.05, 4.69) is 5.32 Å². The lowest BCUT2D eigenvalue weighted by atomic mass is 9.83. The zero-order chi connectivity index (χ0) is 14.8. The van der Waals surface area contributed by atoms with Crippen molar-refractivity contribution in [3.63, 3.8) is 0 Å². The van der Waals surface area contributed by atoms with Gasteiger partial charge in [-0.3, -0.25) is 14.5 Å². The lowest BCUT2D eigenvalue weighted by molar-refractivity contribution is -0.131. The van der Waals surface area contributed by atoms with Crippen LogP contribution in [0.5, 0.6) is 0 Å². The average Bonchev–Trinajstić information content (AvgIpc) is 2.73. The van der Waals surface area contributed by atoms with Crippen LogP contribution in [0.25, 0.3) is 0 Å². The second-order valence-corrected chi connectivity index (χ2v) is 6.41. The van der Waals surface area contributed by atoms with Crippen LogP contribution in [-0.2, 0) is 9.59 Å². The average molecular weight is 282 g/mol. The topological polar surface area (TPSA) is 101 Å². The first-order valence-electron chi connectivity index (χ1n) is 7.49. The van der Waals surface area contributed by atoms with Gasteiger partial charge in [-0.05, 0) is 32.6 Å². The van der Waals surface area contributed by atoms with E-state index < -0.39 is 5.41 Å². The van der Waals surface area contributed by atoms with Crippen molar-refractivity contribution in [3.8, 4) is 0 Å². The molecule has 5 N–H and O–H groups in total. The molecular formula is C14H26N4O2. The van der Waals surface area contributed by atoms with Crippen molar-refractivity contribution in [2.45, 2.75) is 51.1 Å². The number of hydrogen-bond donors (Lipinski definition) is 3. The van der Waals surface area contributed by atoms with Crippen molar-refractivity contribution in [2.24, 2.45) is 16.9 Å². The van der Waals surface area contributed by atoms with E-state index in [0.29, 0.717) is 6.54 Å². The Morgan fingerprint density at radius 2 is 1.95 bits per heavy atom. The van der Waals surface area contributed by atoms with Crippen LogP contribution in [0.3, 0.4) is 0 Å². The maximum Gasteiger partial charge on any atom is 0.231 e. The third-order valence-electron chi connectivity index (χ3n) is 4.85. The number of nitrogens with one attached hydrogen (secondary N) is 1. The summed E-state index contributed by atoms with van der Waals surface area (Å²) in [6.45, 7) is 3.89. The van der Waals surface area contributed by atoms with Crippen molar-refractivity contribution >= 4 is 11.8 Å². The van der Waals surface area contributed by atoms with Gasteiger partial charge in [0, 0.05) is 25.2 Å². The number of rotatable bonds is 4. The maximum atomic E-state index is 12.4. The second kappa shape index (κ2) is 6.10. The molecule has 2 fully saturated rings. The van der Waals surface area contributed by atoms with Gasteiger partial charge < -0.3 is 16.8 Å². The molecule has 20 heavy (non-hydrogen) atoms. The minimum absolute atomic E-state index is 0.0301. The Hall–Kier alpha value is -1.14. The predicted molar refractivity (Wildman–Crippen MR) is 76.7 cm³/mol. The van der Waals surface area contributed by atoms with Gasteiger partial charge >= 0.3 is 0 Å². The van der Waals surface area contributed by atoms with Crippen molar-refractivity contribution in [1.82, 2.24) is 10.2 Å². The molecule has 6 nitrogen and oxygen atoms in total. The van der Waals surface area contributed by atoms with Crippen LogP contribution >= 0.6 is 0 Å². The van der Waals surface area contributed by atoms with Crippen molar-refractivity contribution < 1.29 is 9.59 Å². The van der Waals surface area contributed by atoms with Crippen LogP contribution < -0.4 is 16.8 Å². The summed E-state index contributed by atoms with van der Waals surface area (Å²) in [5, 5.41) is 3.14. The Morgan fingerprint density at radius 1 is 1.30 bits per heavy atom. The Bertz CT molecular complexity index is 379. The Balaban J connectivity index is 1.80. The zero-order valence-corrected chi connectivity index (χ0v) is 12.2. The van der Waals surface area contributed by atoms with Crippen LogP contribution in [-0.4, -0.2) is 48.4 Å². The van der Waals surface area contributed by atoms with Crippen LogP contribution in [0.1, 0.15) is 39.0 Å². The van der Waals surface area contributed by atoms with Gasteiger partial charge in [0.15, 0.2) is 0 Å². The first kappa shape index (κ1) is 15.3. The number of carbonyl (C=O) groups is 2. The Kier molecular flexibility index (Phi) is 4.65. The highest BCUT2D eigenvalue weighted by Gasteiger charge is 2.43. The molecule has 2 amide bonds. The van der Waals surface area contributed by atoms with Gasteiger partial charge in [0.05, 0.1) is 12.0 Å². The Labute approximate surface area is 120 Å². The molecule has 0 aromatic carbocycles. The van der Waals surface area contributed by atoms with Gasteiger partial charge in [-0.2, -0.15) is 0 Å². The van der Waals surface area contributed by atoms with E-state index in [1.165, 1.54) is 0 Å². The van der Waals surface area contributed by atoms with Crippen LogP contribution in [0.15, 0.2) is 0 Å². The quantitative estimate of drug-likeness (QED) is 0.651. The molecule has 1 heterocycles. The highest BCUT2D eigenvalue weighted by atomic mass is 16.2. The van der Waals surface area contributed by atoms with Gasteiger partial charge in [-0.1, -0.05) is 6.42 Å². The lowest BCUT2D eigenvalue weighted by Gasteiger charge is -2.35. The van der Waals surface area contributed by atoms with Gasteiger partial charge in [0.25, 0.3) is 0 Å². The largest absolute Gasteiger partial charge is 0.369 e. The van der Waals surface area contributed by atoms with Crippen LogP contribution in [0.4, 0.5) is 0 Å². The smallest absolute Gasteiger partial charge is 0.231 e. The fourth-order valence-corrected chi connectivity index (χ4v) is 3.28. The molecule has 2 unspecified atom stereocenters. The number of carbonyl (C=O) groups excluding carboxylic acids is 2. The first-order valence-corrected chi connectivity index (χ1v) is 7.49. The molecule has 0 radical (unpaired) electrons. The standard InChI is InChI=1S/C14H26N4O2/c1-14(6-2-3-11(14)15)13(20)17-10-4-7-18(8-5-10)9-12(16)19/h10-11H,2-9,15H2,1H3,(H2,16,19)(H,17,20).